The maximum atomic E-state index is 13.0. The molecule has 0 aromatic heterocycles. The summed E-state index contributed by atoms with van der Waals surface area (Å²) >= 11 is 0. The zero-order chi connectivity index (χ0) is 20.5. The molecule has 9 heteroatoms. The van der Waals surface area contributed by atoms with Gasteiger partial charge in [0, 0.05) is 0 Å². The zero-order valence-corrected chi connectivity index (χ0v) is 14.7. The third kappa shape index (κ3) is 3.55. The summed E-state index contributed by atoms with van der Waals surface area (Å²) in [5.41, 5.74) is -2.30. The van der Waals surface area contributed by atoms with Gasteiger partial charge in [-0.25, -0.2) is 4.79 Å². The number of nitrogens with zero attached hydrogens (tertiary/aromatic N) is 1. The van der Waals surface area contributed by atoms with Gasteiger partial charge in [0.1, 0.15) is 12.1 Å². The lowest BCUT2D eigenvalue weighted by molar-refractivity contribution is -0.137. The molecule has 3 rings (SSSR count). The highest BCUT2D eigenvalue weighted by Crippen LogP contribution is 2.34. The monoisotopic (exact) mass is 391 g/mol. The molecule has 0 aliphatic carbocycles. The van der Waals surface area contributed by atoms with Crippen LogP contribution in [0.4, 0.5) is 23.7 Å². The minimum absolute atomic E-state index is 0.446. The van der Waals surface area contributed by atoms with Crippen molar-refractivity contribution in [3.63, 3.8) is 0 Å². The highest BCUT2D eigenvalue weighted by atomic mass is 19.4. The molecule has 2 aromatic carbocycles. The largest absolute Gasteiger partial charge is 0.418 e. The lowest BCUT2D eigenvalue weighted by Gasteiger charge is -2.22. The standard InChI is InChI=1S/C19H16F3N3O3/c1-18(12-7-3-2-4-8-12)16(27)25(17(28)24-18)11-15(26)23-14-10-6-5-9-13(14)19(20,21)22/h2-10H,11H2,1H3,(H,23,26)(H,24,28). The Labute approximate surface area is 158 Å². The molecule has 1 aliphatic rings. The first-order valence-electron chi connectivity index (χ1n) is 8.28. The molecular weight excluding hydrogens is 375 g/mol. The molecule has 146 valence electrons. The number of amides is 4. The minimum Gasteiger partial charge on any atom is -0.324 e. The molecule has 1 atom stereocenters. The number of para-hydroxylation sites is 1. The van der Waals surface area contributed by atoms with Gasteiger partial charge < -0.3 is 10.6 Å². The summed E-state index contributed by atoms with van der Waals surface area (Å²) in [5.74, 6) is -1.58. The fourth-order valence-electron chi connectivity index (χ4n) is 2.98. The number of nitrogens with one attached hydrogen (secondary N) is 2. The van der Waals surface area contributed by atoms with E-state index in [-0.39, 0.29) is 0 Å². The highest BCUT2D eigenvalue weighted by molar-refractivity contribution is 6.10. The Bertz CT molecular complexity index is 931. The number of hydrogen-bond acceptors (Lipinski definition) is 3. The SMILES string of the molecule is CC1(c2ccccc2)NC(=O)N(CC(=O)Nc2ccccc2C(F)(F)F)C1=O. The Morgan fingerprint density at radius 1 is 1.07 bits per heavy atom. The Kier molecular flexibility index (Phi) is 4.84. The number of imide groups is 1. The van der Waals surface area contributed by atoms with Crippen molar-refractivity contribution in [2.24, 2.45) is 0 Å². The molecular formula is C19H16F3N3O3. The maximum Gasteiger partial charge on any atom is 0.418 e. The summed E-state index contributed by atoms with van der Waals surface area (Å²) in [6.45, 7) is 0.790. The molecule has 1 unspecified atom stereocenters. The van der Waals surface area contributed by atoms with Gasteiger partial charge in [-0.15, -0.1) is 0 Å². The van der Waals surface area contributed by atoms with E-state index in [2.05, 4.69) is 10.6 Å². The normalized spacial score (nSPS) is 19.5. The maximum absolute atomic E-state index is 13.0. The van der Waals surface area contributed by atoms with Crippen LogP contribution in [0.25, 0.3) is 0 Å². The Balaban J connectivity index is 1.77. The van der Waals surface area contributed by atoms with Crippen LogP contribution in [0.1, 0.15) is 18.1 Å². The first kappa shape index (κ1) is 19.4. The van der Waals surface area contributed by atoms with Crippen molar-refractivity contribution in [1.29, 1.82) is 0 Å². The van der Waals surface area contributed by atoms with E-state index in [4.69, 9.17) is 0 Å². The highest BCUT2D eigenvalue weighted by Gasteiger charge is 2.49. The molecule has 0 saturated carbocycles. The van der Waals surface area contributed by atoms with Crippen LogP contribution in [0.5, 0.6) is 0 Å². The number of carbonyl (C=O) groups excluding carboxylic acids is 3. The molecule has 1 fully saturated rings. The fraction of sp³-hybridized carbons (Fsp3) is 0.211. The molecule has 2 N–H and O–H groups in total. The van der Waals surface area contributed by atoms with E-state index < -0.39 is 47.4 Å². The molecule has 2 aromatic rings. The van der Waals surface area contributed by atoms with E-state index >= 15 is 0 Å². The molecule has 4 amide bonds. The van der Waals surface area contributed by atoms with E-state index in [1.54, 1.807) is 30.3 Å². The van der Waals surface area contributed by atoms with Gasteiger partial charge in [-0.2, -0.15) is 13.2 Å². The predicted molar refractivity (Wildman–Crippen MR) is 94.1 cm³/mol. The van der Waals surface area contributed by atoms with Gasteiger partial charge in [0.05, 0.1) is 11.3 Å². The quantitative estimate of drug-likeness (QED) is 0.787. The van der Waals surface area contributed by atoms with Crippen LogP contribution < -0.4 is 10.6 Å². The van der Waals surface area contributed by atoms with Crippen molar-refractivity contribution < 1.29 is 27.6 Å². The number of hydrogen-bond donors (Lipinski definition) is 2. The molecule has 6 nitrogen and oxygen atoms in total. The number of rotatable bonds is 4. The number of urea groups is 1. The van der Waals surface area contributed by atoms with Crippen LogP contribution in [0.15, 0.2) is 54.6 Å². The van der Waals surface area contributed by atoms with Gasteiger partial charge in [-0.1, -0.05) is 42.5 Å². The smallest absolute Gasteiger partial charge is 0.324 e. The number of anilines is 1. The van der Waals surface area contributed by atoms with Gasteiger partial charge in [0.2, 0.25) is 5.91 Å². The topological polar surface area (TPSA) is 78.5 Å². The van der Waals surface area contributed by atoms with Crippen LogP contribution in [0.2, 0.25) is 0 Å². The second-order valence-corrected chi connectivity index (χ2v) is 6.40. The average molecular weight is 391 g/mol. The van der Waals surface area contributed by atoms with Gasteiger partial charge >= 0.3 is 12.2 Å². The van der Waals surface area contributed by atoms with Gasteiger partial charge in [0.25, 0.3) is 5.91 Å². The van der Waals surface area contributed by atoms with Crippen molar-refractivity contribution >= 4 is 23.5 Å². The van der Waals surface area contributed by atoms with Crippen molar-refractivity contribution in [1.82, 2.24) is 10.2 Å². The van der Waals surface area contributed by atoms with E-state index in [1.807, 2.05) is 0 Å². The van der Waals surface area contributed by atoms with Crippen LogP contribution in [0.3, 0.4) is 0 Å². The summed E-state index contributed by atoms with van der Waals surface area (Å²) in [4.78, 5) is 37.9. The van der Waals surface area contributed by atoms with Crippen molar-refractivity contribution in [2.75, 3.05) is 11.9 Å². The second kappa shape index (κ2) is 6.99. The first-order chi connectivity index (χ1) is 13.1. The number of alkyl halides is 3. The van der Waals surface area contributed by atoms with E-state index in [1.165, 1.54) is 19.1 Å². The lowest BCUT2D eigenvalue weighted by Crippen LogP contribution is -2.42. The van der Waals surface area contributed by atoms with Crippen LogP contribution in [-0.4, -0.2) is 29.3 Å². The molecule has 1 heterocycles. The minimum atomic E-state index is -4.66. The summed E-state index contributed by atoms with van der Waals surface area (Å²) in [5, 5.41) is 4.65. The van der Waals surface area contributed by atoms with Crippen molar-refractivity contribution in [3.8, 4) is 0 Å². The van der Waals surface area contributed by atoms with E-state index in [0.29, 0.717) is 10.5 Å². The summed E-state index contributed by atoms with van der Waals surface area (Å²) in [7, 11) is 0. The fourth-order valence-corrected chi connectivity index (χ4v) is 2.98. The number of halogens is 3. The number of benzene rings is 2. The van der Waals surface area contributed by atoms with E-state index in [0.717, 1.165) is 12.1 Å². The summed E-state index contributed by atoms with van der Waals surface area (Å²) in [6.07, 6.45) is -4.66. The Morgan fingerprint density at radius 3 is 2.32 bits per heavy atom. The second-order valence-electron chi connectivity index (χ2n) is 6.40. The lowest BCUT2D eigenvalue weighted by atomic mass is 9.92. The van der Waals surface area contributed by atoms with Gasteiger partial charge in [0.15, 0.2) is 0 Å². The molecule has 1 saturated heterocycles. The van der Waals surface area contributed by atoms with Gasteiger partial charge in [-0.05, 0) is 24.6 Å². The molecule has 28 heavy (non-hydrogen) atoms. The van der Waals surface area contributed by atoms with Crippen molar-refractivity contribution in [2.45, 2.75) is 18.6 Å². The van der Waals surface area contributed by atoms with Gasteiger partial charge in [-0.3, -0.25) is 14.5 Å². The van der Waals surface area contributed by atoms with Crippen LogP contribution in [-0.2, 0) is 21.3 Å². The van der Waals surface area contributed by atoms with E-state index in [9.17, 15) is 27.6 Å². The number of carbonyl (C=O) groups is 3. The molecule has 0 spiro atoms. The predicted octanol–water partition coefficient (Wildman–Crippen LogP) is 3.11. The average Bonchev–Trinajstić information content (AvgIpc) is 2.86. The third-order valence-corrected chi connectivity index (χ3v) is 4.43. The zero-order valence-electron chi connectivity index (χ0n) is 14.7. The van der Waals surface area contributed by atoms with Crippen LogP contribution >= 0.6 is 0 Å². The Hall–Kier alpha value is -3.36. The first-order valence-corrected chi connectivity index (χ1v) is 8.28. The third-order valence-electron chi connectivity index (χ3n) is 4.43. The summed E-state index contributed by atoms with van der Waals surface area (Å²) < 4.78 is 39.1. The van der Waals surface area contributed by atoms with Crippen molar-refractivity contribution in [3.05, 3.63) is 65.7 Å². The van der Waals surface area contributed by atoms with Crippen LogP contribution in [0, 0.1) is 0 Å². The molecule has 1 aliphatic heterocycles. The Morgan fingerprint density at radius 2 is 1.68 bits per heavy atom. The summed E-state index contributed by atoms with van der Waals surface area (Å²) in [6, 6.07) is 12.1. The molecule has 0 bridgehead atoms. The molecule has 0 radical (unpaired) electrons.